The number of rotatable bonds is 0. The van der Waals surface area contributed by atoms with Gasteiger partial charge in [-0.25, -0.2) is 0 Å². The van der Waals surface area contributed by atoms with Crippen molar-refractivity contribution in [2.45, 2.75) is 56.8 Å². The standard InChI is InChI=1S/C22H25N/c1-14-4-6-18-17-7-5-16(23)13-19(17)21-9-3-10-22(21,20(18)12-14)15(2)8-11-21/h4-7,12-13,15H,3,8-11,23H2,1-2H3/t15-,21?,22?/m1/s1. The smallest absolute Gasteiger partial charge is 0.0317 e. The second-order valence-corrected chi connectivity index (χ2v) is 8.20. The van der Waals surface area contributed by atoms with Crippen LogP contribution in [0.25, 0.3) is 11.1 Å². The third-order valence-corrected chi connectivity index (χ3v) is 7.38. The summed E-state index contributed by atoms with van der Waals surface area (Å²) in [6.45, 7) is 4.74. The molecule has 2 saturated carbocycles. The van der Waals surface area contributed by atoms with Gasteiger partial charge in [0.05, 0.1) is 0 Å². The highest BCUT2D eigenvalue weighted by Gasteiger charge is 2.65. The minimum atomic E-state index is 0.331. The number of benzene rings is 2. The van der Waals surface area contributed by atoms with Gasteiger partial charge in [-0.2, -0.15) is 0 Å². The van der Waals surface area contributed by atoms with Crippen molar-refractivity contribution < 1.29 is 0 Å². The molecule has 5 rings (SSSR count). The Morgan fingerprint density at radius 1 is 0.957 bits per heavy atom. The van der Waals surface area contributed by atoms with E-state index in [1.54, 1.807) is 11.1 Å². The zero-order chi connectivity index (χ0) is 15.8. The first-order valence-corrected chi connectivity index (χ1v) is 9.10. The van der Waals surface area contributed by atoms with Crippen LogP contribution in [0.15, 0.2) is 36.4 Å². The molecule has 3 aliphatic rings. The van der Waals surface area contributed by atoms with Crippen LogP contribution in [0.5, 0.6) is 0 Å². The second kappa shape index (κ2) is 4.20. The van der Waals surface area contributed by atoms with Crippen LogP contribution >= 0.6 is 0 Å². The van der Waals surface area contributed by atoms with Crippen LogP contribution in [-0.2, 0) is 10.8 Å². The Morgan fingerprint density at radius 3 is 2.61 bits per heavy atom. The molecule has 0 bridgehead atoms. The number of aryl methyl sites for hydroxylation is 1. The van der Waals surface area contributed by atoms with Crippen LogP contribution in [0.3, 0.4) is 0 Å². The van der Waals surface area contributed by atoms with E-state index in [2.05, 4.69) is 50.2 Å². The van der Waals surface area contributed by atoms with E-state index in [-0.39, 0.29) is 0 Å². The van der Waals surface area contributed by atoms with Crippen molar-refractivity contribution in [2.75, 3.05) is 5.73 Å². The molecule has 2 aromatic carbocycles. The fourth-order valence-corrected chi connectivity index (χ4v) is 6.53. The lowest BCUT2D eigenvalue weighted by atomic mass is 9.53. The molecule has 3 aliphatic carbocycles. The van der Waals surface area contributed by atoms with Gasteiger partial charge in [0.25, 0.3) is 0 Å². The number of hydrogen-bond acceptors (Lipinski definition) is 1. The lowest BCUT2D eigenvalue weighted by Gasteiger charge is -2.50. The van der Waals surface area contributed by atoms with E-state index in [0.717, 1.165) is 11.6 Å². The molecule has 1 heteroatoms. The van der Waals surface area contributed by atoms with E-state index in [4.69, 9.17) is 5.73 Å². The molecule has 0 aromatic heterocycles. The summed E-state index contributed by atoms with van der Waals surface area (Å²) in [4.78, 5) is 0. The van der Waals surface area contributed by atoms with Gasteiger partial charge in [-0.15, -0.1) is 0 Å². The van der Waals surface area contributed by atoms with Crippen molar-refractivity contribution in [3.8, 4) is 11.1 Å². The highest BCUT2D eigenvalue weighted by Crippen LogP contribution is 2.71. The predicted octanol–water partition coefficient (Wildman–Crippen LogP) is 5.35. The lowest BCUT2D eigenvalue weighted by molar-refractivity contribution is 0.246. The van der Waals surface area contributed by atoms with E-state index < -0.39 is 0 Å². The molecule has 2 N–H and O–H groups in total. The van der Waals surface area contributed by atoms with E-state index in [9.17, 15) is 0 Å². The maximum Gasteiger partial charge on any atom is 0.0317 e. The van der Waals surface area contributed by atoms with Gasteiger partial charge in [-0.1, -0.05) is 43.2 Å². The Hall–Kier alpha value is -1.76. The summed E-state index contributed by atoms with van der Waals surface area (Å²) in [6.07, 6.45) is 6.71. The van der Waals surface area contributed by atoms with Gasteiger partial charge in [0.2, 0.25) is 0 Å². The molecule has 2 aromatic rings. The normalized spacial score (nSPS) is 33.7. The van der Waals surface area contributed by atoms with Crippen LogP contribution in [0, 0.1) is 12.8 Å². The minimum Gasteiger partial charge on any atom is -0.399 e. The SMILES string of the molecule is Cc1ccc2c(c1)C13CCCC1(CC[C@H]3C)c1cc(N)ccc1-2. The summed E-state index contributed by atoms with van der Waals surface area (Å²) in [5.41, 5.74) is 15.3. The Labute approximate surface area is 138 Å². The van der Waals surface area contributed by atoms with Crippen molar-refractivity contribution in [1.29, 1.82) is 0 Å². The molecular weight excluding hydrogens is 278 g/mol. The highest BCUT2D eigenvalue weighted by molar-refractivity contribution is 5.80. The number of anilines is 1. The summed E-state index contributed by atoms with van der Waals surface area (Å²) >= 11 is 0. The van der Waals surface area contributed by atoms with Gasteiger partial charge in [0.15, 0.2) is 0 Å². The number of nitrogen functional groups attached to an aromatic ring is 1. The average molecular weight is 303 g/mol. The molecule has 2 fully saturated rings. The largest absolute Gasteiger partial charge is 0.399 e. The Kier molecular flexibility index (Phi) is 2.49. The summed E-state index contributed by atoms with van der Waals surface area (Å²) < 4.78 is 0. The van der Waals surface area contributed by atoms with E-state index in [1.165, 1.54) is 48.8 Å². The van der Waals surface area contributed by atoms with Gasteiger partial charge in [0.1, 0.15) is 0 Å². The molecule has 118 valence electrons. The zero-order valence-electron chi connectivity index (χ0n) is 14.2. The van der Waals surface area contributed by atoms with Gasteiger partial charge < -0.3 is 5.73 Å². The maximum absolute atomic E-state index is 6.22. The van der Waals surface area contributed by atoms with Crippen molar-refractivity contribution >= 4 is 5.69 Å². The summed E-state index contributed by atoms with van der Waals surface area (Å²) in [7, 11) is 0. The third-order valence-electron chi connectivity index (χ3n) is 7.38. The van der Waals surface area contributed by atoms with Crippen molar-refractivity contribution in [3.05, 3.63) is 53.1 Å². The molecule has 0 heterocycles. The van der Waals surface area contributed by atoms with Crippen LogP contribution in [0.2, 0.25) is 0 Å². The molecule has 3 atom stereocenters. The Bertz CT molecular complexity index is 821. The summed E-state index contributed by atoms with van der Waals surface area (Å²) in [5.74, 6) is 0.764. The minimum absolute atomic E-state index is 0.331. The molecule has 0 amide bonds. The molecule has 0 saturated heterocycles. The first-order chi connectivity index (χ1) is 11.1. The topological polar surface area (TPSA) is 26.0 Å². The van der Waals surface area contributed by atoms with E-state index in [0.29, 0.717) is 10.8 Å². The van der Waals surface area contributed by atoms with Gasteiger partial charge >= 0.3 is 0 Å². The molecule has 1 nitrogen and oxygen atoms in total. The van der Waals surface area contributed by atoms with Gasteiger partial charge in [0, 0.05) is 16.5 Å². The monoisotopic (exact) mass is 303 g/mol. The fourth-order valence-electron chi connectivity index (χ4n) is 6.53. The molecule has 2 unspecified atom stereocenters. The van der Waals surface area contributed by atoms with E-state index >= 15 is 0 Å². The highest BCUT2D eigenvalue weighted by atomic mass is 14.7. The second-order valence-electron chi connectivity index (χ2n) is 8.20. The Balaban J connectivity index is 1.95. The average Bonchev–Trinajstić information content (AvgIpc) is 3.06. The molecule has 23 heavy (non-hydrogen) atoms. The first kappa shape index (κ1) is 13.7. The lowest BCUT2D eigenvalue weighted by Crippen LogP contribution is -2.46. The summed E-state index contributed by atoms with van der Waals surface area (Å²) in [5, 5.41) is 0. The quantitative estimate of drug-likeness (QED) is 0.652. The van der Waals surface area contributed by atoms with Crippen LogP contribution in [0.1, 0.15) is 55.7 Å². The number of fused-ring (bicyclic) bond motifs is 3. The molecule has 0 radical (unpaired) electrons. The fraction of sp³-hybridized carbons (Fsp3) is 0.455. The molecular formula is C22H25N. The zero-order valence-corrected chi connectivity index (χ0v) is 14.2. The van der Waals surface area contributed by atoms with Crippen LogP contribution in [-0.4, -0.2) is 0 Å². The summed E-state index contributed by atoms with van der Waals surface area (Å²) in [6, 6.07) is 13.8. The van der Waals surface area contributed by atoms with Crippen molar-refractivity contribution in [1.82, 2.24) is 0 Å². The Morgan fingerprint density at radius 2 is 1.74 bits per heavy atom. The maximum atomic E-state index is 6.22. The number of hydrogen-bond donors (Lipinski definition) is 1. The molecule has 0 spiro atoms. The van der Waals surface area contributed by atoms with Crippen molar-refractivity contribution in [3.63, 3.8) is 0 Å². The van der Waals surface area contributed by atoms with E-state index in [1.807, 2.05) is 0 Å². The van der Waals surface area contributed by atoms with Crippen LogP contribution in [0.4, 0.5) is 5.69 Å². The number of nitrogens with two attached hydrogens (primary N) is 1. The van der Waals surface area contributed by atoms with Crippen molar-refractivity contribution in [2.24, 2.45) is 5.92 Å². The third kappa shape index (κ3) is 1.40. The van der Waals surface area contributed by atoms with Gasteiger partial charge in [-0.05, 0) is 72.9 Å². The van der Waals surface area contributed by atoms with Crippen LogP contribution < -0.4 is 5.73 Å². The van der Waals surface area contributed by atoms with Gasteiger partial charge in [-0.3, -0.25) is 0 Å². The predicted molar refractivity (Wildman–Crippen MR) is 96.6 cm³/mol. The molecule has 0 aliphatic heterocycles. The first-order valence-electron chi connectivity index (χ1n) is 9.10.